The summed E-state index contributed by atoms with van der Waals surface area (Å²) in [5, 5.41) is 7.94. The number of hydrogen-bond acceptors (Lipinski definition) is 3. The Labute approximate surface area is 159 Å². The molecule has 2 unspecified atom stereocenters. The third kappa shape index (κ3) is 4.73. The molecule has 2 N–H and O–H groups in total. The molecule has 0 aliphatic heterocycles. The number of hydrogen-bond donors (Lipinski definition) is 2. The van der Waals surface area contributed by atoms with Crippen LogP contribution < -0.4 is 10.6 Å². The molecule has 1 aromatic heterocycles. The summed E-state index contributed by atoms with van der Waals surface area (Å²) < 4.78 is 0. The van der Waals surface area contributed by atoms with Crippen molar-refractivity contribution >= 4 is 28.8 Å². The van der Waals surface area contributed by atoms with Crippen LogP contribution in [0.4, 0.5) is 5.69 Å². The van der Waals surface area contributed by atoms with Crippen LogP contribution in [0.5, 0.6) is 0 Å². The van der Waals surface area contributed by atoms with E-state index < -0.39 is 0 Å². The van der Waals surface area contributed by atoms with Crippen LogP contribution in [0.25, 0.3) is 0 Å². The molecule has 0 saturated heterocycles. The second-order valence-corrected chi connectivity index (χ2v) is 7.87. The summed E-state index contributed by atoms with van der Waals surface area (Å²) in [6, 6.07) is 11.1. The second kappa shape index (κ2) is 8.99. The quantitative estimate of drug-likeness (QED) is 0.713. The van der Waals surface area contributed by atoms with Gasteiger partial charge in [-0.3, -0.25) is 9.59 Å². The Morgan fingerprint density at radius 3 is 2.81 bits per heavy atom. The molecule has 1 saturated carbocycles. The summed E-state index contributed by atoms with van der Waals surface area (Å²) in [6.07, 6.45) is 7.08. The van der Waals surface area contributed by atoms with Gasteiger partial charge in [0, 0.05) is 17.3 Å². The standard InChI is InChI=1S/C21H26N2O2S/c1-2-3-7-15-8-5-11-18(15)23-20(24)16-9-4-10-17(14-16)22-21(25)19-12-6-13-26-19/h4,6,9-10,12-15,18H,2-3,5,7-8,11H2,1H3,(H,22,25)(H,23,24). The number of anilines is 1. The van der Waals surface area contributed by atoms with Gasteiger partial charge in [0.15, 0.2) is 0 Å². The molecule has 1 aliphatic rings. The van der Waals surface area contributed by atoms with Crippen molar-refractivity contribution in [1.29, 1.82) is 0 Å². The SMILES string of the molecule is CCCCC1CCCC1NC(=O)c1cccc(NC(=O)c2cccs2)c1. The highest BCUT2D eigenvalue weighted by atomic mass is 32.1. The fourth-order valence-corrected chi connectivity index (χ4v) is 4.25. The van der Waals surface area contributed by atoms with Crippen molar-refractivity contribution in [1.82, 2.24) is 5.32 Å². The second-order valence-electron chi connectivity index (χ2n) is 6.93. The molecule has 1 fully saturated rings. The predicted molar refractivity (Wildman–Crippen MR) is 107 cm³/mol. The fourth-order valence-electron chi connectivity index (χ4n) is 3.63. The van der Waals surface area contributed by atoms with E-state index in [0.717, 1.165) is 6.42 Å². The molecule has 0 spiro atoms. The lowest BCUT2D eigenvalue weighted by Crippen LogP contribution is -2.37. The van der Waals surface area contributed by atoms with Gasteiger partial charge in [-0.15, -0.1) is 11.3 Å². The number of benzene rings is 1. The molecule has 0 radical (unpaired) electrons. The van der Waals surface area contributed by atoms with Crippen LogP contribution >= 0.6 is 11.3 Å². The molecule has 2 aromatic rings. The molecule has 4 nitrogen and oxygen atoms in total. The summed E-state index contributed by atoms with van der Waals surface area (Å²) in [7, 11) is 0. The first-order valence-corrected chi connectivity index (χ1v) is 10.3. The van der Waals surface area contributed by atoms with Crippen molar-refractivity contribution in [3.63, 3.8) is 0 Å². The molecule has 5 heteroatoms. The van der Waals surface area contributed by atoms with Crippen LogP contribution in [0, 0.1) is 5.92 Å². The van der Waals surface area contributed by atoms with Crippen molar-refractivity contribution in [3.8, 4) is 0 Å². The predicted octanol–water partition coefficient (Wildman–Crippen LogP) is 5.09. The van der Waals surface area contributed by atoms with Crippen LogP contribution in [0.1, 0.15) is 65.5 Å². The maximum atomic E-state index is 12.7. The number of thiophene rings is 1. The van der Waals surface area contributed by atoms with Crippen molar-refractivity contribution in [2.75, 3.05) is 5.32 Å². The highest BCUT2D eigenvalue weighted by molar-refractivity contribution is 7.12. The van der Waals surface area contributed by atoms with Crippen molar-refractivity contribution in [2.24, 2.45) is 5.92 Å². The number of nitrogens with one attached hydrogen (secondary N) is 2. The van der Waals surface area contributed by atoms with E-state index in [4.69, 9.17) is 0 Å². The van der Waals surface area contributed by atoms with Crippen molar-refractivity contribution in [3.05, 3.63) is 52.2 Å². The molecular formula is C21H26N2O2S. The maximum absolute atomic E-state index is 12.7. The van der Waals surface area contributed by atoms with Crippen LogP contribution in [0.2, 0.25) is 0 Å². The number of carbonyl (C=O) groups excluding carboxylic acids is 2. The van der Waals surface area contributed by atoms with Gasteiger partial charge in [-0.25, -0.2) is 0 Å². The third-order valence-electron chi connectivity index (χ3n) is 5.03. The topological polar surface area (TPSA) is 58.2 Å². The lowest BCUT2D eigenvalue weighted by atomic mass is 9.96. The largest absolute Gasteiger partial charge is 0.349 e. The van der Waals surface area contributed by atoms with Gasteiger partial charge in [-0.1, -0.05) is 38.3 Å². The lowest BCUT2D eigenvalue weighted by Gasteiger charge is -2.21. The van der Waals surface area contributed by atoms with Gasteiger partial charge in [0.2, 0.25) is 0 Å². The van der Waals surface area contributed by atoms with Gasteiger partial charge in [-0.05, 0) is 54.8 Å². The van der Waals surface area contributed by atoms with Gasteiger partial charge in [0.25, 0.3) is 11.8 Å². The van der Waals surface area contributed by atoms with Crippen molar-refractivity contribution in [2.45, 2.75) is 51.5 Å². The first-order chi connectivity index (χ1) is 12.7. The zero-order valence-corrected chi connectivity index (χ0v) is 16.0. The smallest absolute Gasteiger partial charge is 0.265 e. The Bertz CT molecular complexity index is 742. The minimum Gasteiger partial charge on any atom is -0.349 e. The van der Waals surface area contributed by atoms with E-state index in [1.54, 1.807) is 18.2 Å². The summed E-state index contributed by atoms with van der Waals surface area (Å²) in [6.45, 7) is 2.21. The van der Waals surface area contributed by atoms with Gasteiger partial charge in [0.1, 0.15) is 0 Å². The zero-order valence-electron chi connectivity index (χ0n) is 15.2. The molecule has 1 aliphatic carbocycles. The van der Waals surface area contributed by atoms with E-state index in [1.807, 2.05) is 23.6 Å². The monoisotopic (exact) mass is 370 g/mol. The summed E-state index contributed by atoms with van der Waals surface area (Å²) in [5.74, 6) is 0.402. The molecular weight excluding hydrogens is 344 g/mol. The number of rotatable bonds is 7. The van der Waals surface area contributed by atoms with Gasteiger partial charge in [0.05, 0.1) is 4.88 Å². The number of carbonyl (C=O) groups is 2. The molecule has 26 heavy (non-hydrogen) atoms. The summed E-state index contributed by atoms with van der Waals surface area (Å²) >= 11 is 1.40. The minimum atomic E-state index is -0.145. The van der Waals surface area contributed by atoms with E-state index in [1.165, 1.54) is 43.4 Å². The van der Waals surface area contributed by atoms with Crippen LogP contribution in [-0.2, 0) is 0 Å². The highest BCUT2D eigenvalue weighted by Gasteiger charge is 2.28. The molecule has 2 atom stereocenters. The van der Waals surface area contributed by atoms with Crippen molar-refractivity contribution < 1.29 is 9.59 Å². The maximum Gasteiger partial charge on any atom is 0.265 e. The molecule has 1 aromatic carbocycles. The minimum absolute atomic E-state index is 0.0504. The van der Waals surface area contributed by atoms with Crippen LogP contribution in [0.3, 0.4) is 0 Å². The Balaban J connectivity index is 1.62. The third-order valence-corrected chi connectivity index (χ3v) is 5.90. The normalized spacial score (nSPS) is 19.3. The first kappa shape index (κ1) is 18.6. The van der Waals surface area contributed by atoms with E-state index in [2.05, 4.69) is 17.6 Å². The van der Waals surface area contributed by atoms with Crippen LogP contribution in [0.15, 0.2) is 41.8 Å². The Hall–Kier alpha value is -2.14. The Kier molecular flexibility index (Phi) is 6.45. The van der Waals surface area contributed by atoms with E-state index in [9.17, 15) is 9.59 Å². The molecule has 1 heterocycles. The number of amides is 2. The lowest BCUT2D eigenvalue weighted by molar-refractivity contribution is 0.0925. The van der Waals surface area contributed by atoms with E-state index in [0.29, 0.717) is 22.0 Å². The van der Waals surface area contributed by atoms with Gasteiger partial charge >= 0.3 is 0 Å². The molecule has 138 valence electrons. The molecule has 2 amide bonds. The number of unbranched alkanes of at least 4 members (excludes halogenated alkanes) is 1. The zero-order chi connectivity index (χ0) is 18.4. The van der Waals surface area contributed by atoms with Gasteiger partial charge < -0.3 is 10.6 Å². The van der Waals surface area contributed by atoms with Crippen LogP contribution in [-0.4, -0.2) is 17.9 Å². The van der Waals surface area contributed by atoms with Gasteiger partial charge in [-0.2, -0.15) is 0 Å². The molecule has 0 bridgehead atoms. The molecule has 3 rings (SSSR count). The highest BCUT2D eigenvalue weighted by Crippen LogP contribution is 2.30. The average molecular weight is 371 g/mol. The first-order valence-electron chi connectivity index (χ1n) is 9.43. The Morgan fingerprint density at radius 2 is 2.04 bits per heavy atom. The summed E-state index contributed by atoms with van der Waals surface area (Å²) in [5.41, 5.74) is 1.24. The average Bonchev–Trinajstić information content (AvgIpc) is 3.32. The van der Waals surface area contributed by atoms with E-state index >= 15 is 0 Å². The van der Waals surface area contributed by atoms with E-state index in [-0.39, 0.29) is 17.9 Å². The summed E-state index contributed by atoms with van der Waals surface area (Å²) in [4.78, 5) is 25.5. The fraction of sp³-hybridized carbons (Fsp3) is 0.429. The Morgan fingerprint density at radius 1 is 1.15 bits per heavy atom.